The predicted molar refractivity (Wildman–Crippen MR) is 65.2 cm³/mol. The van der Waals surface area contributed by atoms with Crippen LogP contribution in [0.1, 0.15) is 5.56 Å². The number of nitrogens with one attached hydrogen (secondary N) is 1. The molecule has 88 valence electrons. The van der Waals surface area contributed by atoms with Gasteiger partial charge in [-0.2, -0.15) is 5.10 Å². The van der Waals surface area contributed by atoms with E-state index in [1.54, 1.807) is 23.1 Å². The number of carbonyl (C=O) groups is 1. The molecule has 1 aromatic heterocycles. The fourth-order valence-corrected chi connectivity index (χ4v) is 1.47. The monoisotopic (exact) mass is 230 g/mol. The lowest BCUT2D eigenvalue weighted by Gasteiger charge is -2.06. The Kier molecular flexibility index (Phi) is 3.52. The maximum atomic E-state index is 11.6. The molecule has 2 aromatic rings. The van der Waals surface area contributed by atoms with Gasteiger partial charge in [-0.3, -0.25) is 9.48 Å². The van der Waals surface area contributed by atoms with Crippen molar-refractivity contribution in [1.82, 2.24) is 9.78 Å². The predicted octanol–water partition coefficient (Wildman–Crippen LogP) is 0.980. The van der Waals surface area contributed by atoms with Crippen LogP contribution in [0.5, 0.6) is 0 Å². The second-order valence-electron chi connectivity index (χ2n) is 3.65. The minimum absolute atomic E-state index is 0.103. The Morgan fingerprint density at radius 2 is 2.12 bits per heavy atom. The topological polar surface area (TPSA) is 72.9 Å². The number of aromatic nitrogens is 2. The van der Waals surface area contributed by atoms with Crippen molar-refractivity contribution in [3.8, 4) is 0 Å². The average Bonchev–Trinajstić information content (AvgIpc) is 2.82. The summed E-state index contributed by atoms with van der Waals surface area (Å²) in [6.07, 6.45) is 3.39. The number of nitrogens with zero attached hydrogens (tertiary/aromatic N) is 2. The molecule has 0 spiro atoms. The Labute approximate surface area is 99.2 Å². The maximum absolute atomic E-state index is 11.6. The first-order valence-corrected chi connectivity index (χ1v) is 5.34. The first-order valence-electron chi connectivity index (χ1n) is 5.34. The quantitative estimate of drug-likeness (QED) is 0.822. The van der Waals surface area contributed by atoms with Crippen molar-refractivity contribution in [3.05, 3.63) is 48.3 Å². The molecule has 0 bridgehead atoms. The lowest BCUT2D eigenvalue weighted by molar-refractivity contribution is -0.116. The molecule has 1 heterocycles. The Hall–Kier alpha value is -2.14. The second kappa shape index (κ2) is 5.27. The van der Waals surface area contributed by atoms with Crippen molar-refractivity contribution in [2.75, 3.05) is 5.32 Å². The molecule has 0 unspecified atom stereocenters. The van der Waals surface area contributed by atoms with E-state index >= 15 is 0 Å². The SMILES string of the molecule is NCc1ccc(NC(=O)Cn2cccn2)cc1. The molecule has 0 radical (unpaired) electrons. The van der Waals surface area contributed by atoms with E-state index in [4.69, 9.17) is 5.73 Å². The third-order valence-corrected chi connectivity index (χ3v) is 2.34. The Bertz CT molecular complexity index is 476. The molecule has 0 aliphatic rings. The summed E-state index contributed by atoms with van der Waals surface area (Å²) in [5.74, 6) is -0.103. The second-order valence-corrected chi connectivity index (χ2v) is 3.65. The summed E-state index contributed by atoms with van der Waals surface area (Å²) in [5, 5.41) is 6.76. The fraction of sp³-hybridized carbons (Fsp3) is 0.167. The number of nitrogens with two attached hydrogens (primary N) is 1. The fourth-order valence-electron chi connectivity index (χ4n) is 1.47. The zero-order valence-electron chi connectivity index (χ0n) is 9.34. The number of hydrogen-bond donors (Lipinski definition) is 2. The minimum atomic E-state index is -0.103. The first kappa shape index (κ1) is 11.3. The summed E-state index contributed by atoms with van der Waals surface area (Å²) < 4.78 is 1.57. The maximum Gasteiger partial charge on any atom is 0.246 e. The molecule has 0 aliphatic heterocycles. The van der Waals surface area contributed by atoms with Gasteiger partial charge in [-0.05, 0) is 23.8 Å². The molecular weight excluding hydrogens is 216 g/mol. The molecule has 0 fully saturated rings. The van der Waals surface area contributed by atoms with Gasteiger partial charge in [-0.25, -0.2) is 0 Å². The molecule has 17 heavy (non-hydrogen) atoms. The molecule has 1 aromatic carbocycles. The van der Waals surface area contributed by atoms with Crippen LogP contribution in [-0.4, -0.2) is 15.7 Å². The summed E-state index contributed by atoms with van der Waals surface area (Å²) in [4.78, 5) is 11.6. The highest BCUT2D eigenvalue weighted by molar-refractivity contribution is 5.90. The van der Waals surface area contributed by atoms with Crippen LogP contribution in [0, 0.1) is 0 Å². The number of amides is 1. The van der Waals surface area contributed by atoms with Crippen molar-refractivity contribution in [3.63, 3.8) is 0 Å². The largest absolute Gasteiger partial charge is 0.326 e. The van der Waals surface area contributed by atoms with Gasteiger partial charge in [0.1, 0.15) is 6.54 Å². The van der Waals surface area contributed by atoms with Crippen LogP contribution in [0.15, 0.2) is 42.7 Å². The normalized spacial score (nSPS) is 10.2. The number of hydrogen-bond acceptors (Lipinski definition) is 3. The zero-order valence-corrected chi connectivity index (χ0v) is 9.34. The molecule has 3 N–H and O–H groups in total. The standard InChI is InChI=1S/C12H14N4O/c13-8-10-2-4-11(5-3-10)15-12(17)9-16-7-1-6-14-16/h1-7H,8-9,13H2,(H,15,17). The Morgan fingerprint density at radius 3 is 2.71 bits per heavy atom. The van der Waals surface area contributed by atoms with Crippen LogP contribution in [0.3, 0.4) is 0 Å². The molecule has 2 rings (SSSR count). The van der Waals surface area contributed by atoms with Gasteiger partial charge in [-0.15, -0.1) is 0 Å². The van der Waals surface area contributed by atoms with Gasteiger partial charge >= 0.3 is 0 Å². The summed E-state index contributed by atoms with van der Waals surface area (Å²) in [6, 6.07) is 9.24. The molecule has 5 heteroatoms. The summed E-state index contributed by atoms with van der Waals surface area (Å²) in [6.45, 7) is 0.715. The number of anilines is 1. The average molecular weight is 230 g/mol. The number of carbonyl (C=O) groups excluding carboxylic acids is 1. The molecule has 0 aliphatic carbocycles. The van der Waals surface area contributed by atoms with Crippen molar-refractivity contribution in [2.24, 2.45) is 5.73 Å². The summed E-state index contributed by atoms with van der Waals surface area (Å²) in [5.41, 5.74) is 7.29. The van der Waals surface area contributed by atoms with Crippen LogP contribution in [0.4, 0.5) is 5.69 Å². The molecule has 5 nitrogen and oxygen atoms in total. The van der Waals surface area contributed by atoms with E-state index in [1.165, 1.54) is 0 Å². The van der Waals surface area contributed by atoms with Gasteiger partial charge in [-0.1, -0.05) is 12.1 Å². The first-order chi connectivity index (χ1) is 8.28. The van der Waals surface area contributed by atoms with Gasteiger partial charge in [0.2, 0.25) is 5.91 Å². The van der Waals surface area contributed by atoms with Crippen molar-refractivity contribution >= 4 is 11.6 Å². The van der Waals surface area contributed by atoms with Gasteiger partial charge in [0.15, 0.2) is 0 Å². The summed E-state index contributed by atoms with van der Waals surface area (Å²) >= 11 is 0. The number of benzene rings is 1. The third-order valence-electron chi connectivity index (χ3n) is 2.34. The molecule has 0 atom stereocenters. The van der Waals surface area contributed by atoms with Gasteiger partial charge < -0.3 is 11.1 Å². The van der Waals surface area contributed by atoms with Crippen molar-refractivity contribution in [1.29, 1.82) is 0 Å². The lowest BCUT2D eigenvalue weighted by atomic mass is 10.2. The Morgan fingerprint density at radius 1 is 1.35 bits per heavy atom. The molecule has 1 amide bonds. The van der Waals surface area contributed by atoms with Gasteiger partial charge in [0.25, 0.3) is 0 Å². The highest BCUT2D eigenvalue weighted by atomic mass is 16.2. The van der Waals surface area contributed by atoms with E-state index in [-0.39, 0.29) is 12.5 Å². The van der Waals surface area contributed by atoms with Gasteiger partial charge in [0, 0.05) is 24.6 Å². The van der Waals surface area contributed by atoms with E-state index in [9.17, 15) is 4.79 Å². The van der Waals surface area contributed by atoms with Crippen LogP contribution in [0.2, 0.25) is 0 Å². The van der Waals surface area contributed by atoms with E-state index in [0.29, 0.717) is 6.54 Å². The lowest BCUT2D eigenvalue weighted by Crippen LogP contribution is -2.18. The van der Waals surface area contributed by atoms with E-state index < -0.39 is 0 Å². The van der Waals surface area contributed by atoms with Gasteiger partial charge in [0.05, 0.1) is 0 Å². The smallest absolute Gasteiger partial charge is 0.246 e. The molecule has 0 saturated heterocycles. The summed E-state index contributed by atoms with van der Waals surface area (Å²) in [7, 11) is 0. The number of rotatable bonds is 4. The van der Waals surface area contributed by atoms with Crippen LogP contribution in [-0.2, 0) is 17.9 Å². The zero-order chi connectivity index (χ0) is 12.1. The van der Waals surface area contributed by atoms with E-state index in [1.807, 2.05) is 24.3 Å². The van der Waals surface area contributed by atoms with Crippen LogP contribution in [0.25, 0.3) is 0 Å². The Balaban J connectivity index is 1.93. The van der Waals surface area contributed by atoms with Crippen molar-refractivity contribution < 1.29 is 4.79 Å². The van der Waals surface area contributed by atoms with Crippen LogP contribution < -0.4 is 11.1 Å². The molecular formula is C12H14N4O. The molecule has 0 saturated carbocycles. The third kappa shape index (κ3) is 3.15. The highest BCUT2D eigenvalue weighted by Crippen LogP contribution is 2.08. The highest BCUT2D eigenvalue weighted by Gasteiger charge is 2.03. The van der Waals surface area contributed by atoms with E-state index in [2.05, 4.69) is 10.4 Å². The van der Waals surface area contributed by atoms with E-state index in [0.717, 1.165) is 11.3 Å². The van der Waals surface area contributed by atoms with Crippen molar-refractivity contribution in [2.45, 2.75) is 13.1 Å². The minimum Gasteiger partial charge on any atom is -0.326 e. The van der Waals surface area contributed by atoms with Crippen LogP contribution >= 0.6 is 0 Å².